The number of nitrogens with one attached hydrogen (secondary N) is 1. The monoisotopic (exact) mass is 241 g/mol. The topological polar surface area (TPSA) is 77.2 Å². The van der Waals surface area contributed by atoms with Crippen LogP contribution < -0.4 is 11.1 Å². The summed E-state index contributed by atoms with van der Waals surface area (Å²) in [5, 5.41) is 2.98. The number of nitrogens with two attached hydrogens (primary N) is 1. The number of rotatable bonds is 2. The van der Waals surface area contributed by atoms with Gasteiger partial charge in [-0.3, -0.25) is 4.79 Å². The van der Waals surface area contributed by atoms with Crippen LogP contribution in [0.3, 0.4) is 0 Å². The second-order valence-electron chi connectivity index (χ2n) is 3.64. The highest BCUT2D eigenvalue weighted by Crippen LogP contribution is 2.16. The zero-order chi connectivity index (χ0) is 11.5. The molecular formula is C10H12ClN3O2. The molecule has 1 fully saturated rings. The lowest BCUT2D eigenvalue weighted by atomic mass is 10.2. The summed E-state index contributed by atoms with van der Waals surface area (Å²) in [7, 11) is 0. The molecule has 1 aromatic rings. The molecule has 86 valence electrons. The van der Waals surface area contributed by atoms with Crippen molar-refractivity contribution in [3.63, 3.8) is 0 Å². The predicted molar refractivity (Wildman–Crippen MR) is 60.3 cm³/mol. The van der Waals surface area contributed by atoms with E-state index in [-0.39, 0.29) is 17.1 Å². The molecule has 2 rings (SSSR count). The number of nitrogens with zero attached hydrogens (tertiary/aromatic N) is 1. The maximum absolute atomic E-state index is 11.8. The van der Waals surface area contributed by atoms with Crippen LogP contribution in [0, 0.1) is 0 Å². The molecule has 0 aliphatic carbocycles. The van der Waals surface area contributed by atoms with Crippen molar-refractivity contribution in [1.82, 2.24) is 10.3 Å². The zero-order valence-electron chi connectivity index (χ0n) is 8.57. The number of carbonyl (C=O) groups excluding carboxylic acids is 1. The Bertz CT molecular complexity index is 405. The van der Waals surface area contributed by atoms with Crippen LogP contribution in [0.2, 0.25) is 5.15 Å². The number of pyridine rings is 1. The molecule has 1 unspecified atom stereocenters. The molecule has 1 aromatic heterocycles. The van der Waals surface area contributed by atoms with E-state index in [0.717, 1.165) is 6.42 Å². The minimum atomic E-state index is -0.264. The average molecular weight is 242 g/mol. The Morgan fingerprint density at radius 2 is 2.50 bits per heavy atom. The number of halogens is 1. The first-order valence-corrected chi connectivity index (χ1v) is 5.34. The summed E-state index contributed by atoms with van der Waals surface area (Å²) in [6.45, 7) is 1.22. The molecule has 2 heterocycles. The maximum Gasteiger partial charge on any atom is 0.254 e. The Kier molecular flexibility index (Phi) is 3.26. The van der Waals surface area contributed by atoms with E-state index >= 15 is 0 Å². The molecule has 16 heavy (non-hydrogen) atoms. The van der Waals surface area contributed by atoms with Crippen molar-refractivity contribution in [3.8, 4) is 0 Å². The van der Waals surface area contributed by atoms with Gasteiger partial charge >= 0.3 is 0 Å². The van der Waals surface area contributed by atoms with Gasteiger partial charge in [0.2, 0.25) is 0 Å². The number of carbonyl (C=O) groups is 1. The van der Waals surface area contributed by atoms with Crippen LogP contribution in [0.25, 0.3) is 0 Å². The van der Waals surface area contributed by atoms with E-state index in [1.54, 1.807) is 0 Å². The second-order valence-corrected chi connectivity index (χ2v) is 4.00. The minimum Gasteiger partial charge on any atom is -0.397 e. The Morgan fingerprint density at radius 1 is 1.69 bits per heavy atom. The summed E-state index contributed by atoms with van der Waals surface area (Å²) in [6, 6.07) is 1.56. The summed E-state index contributed by atoms with van der Waals surface area (Å²) in [5.41, 5.74) is 6.26. The molecule has 0 spiro atoms. The largest absolute Gasteiger partial charge is 0.397 e. The number of hydrogen-bond donors (Lipinski definition) is 2. The predicted octanol–water partition coefficient (Wildman–Crippen LogP) is 0.836. The van der Waals surface area contributed by atoms with Crippen LogP contribution in [0.1, 0.15) is 16.8 Å². The van der Waals surface area contributed by atoms with Crippen LogP contribution in [-0.2, 0) is 4.74 Å². The number of amides is 1. The van der Waals surface area contributed by atoms with Crippen LogP contribution >= 0.6 is 11.6 Å². The molecular weight excluding hydrogens is 230 g/mol. The first-order chi connectivity index (χ1) is 7.66. The van der Waals surface area contributed by atoms with E-state index in [0.29, 0.717) is 24.5 Å². The molecule has 1 amide bonds. The standard InChI is InChI=1S/C10H12ClN3O2/c11-9-8(3-6(12)4-13-9)10(15)14-7-1-2-16-5-7/h3-4,7H,1-2,5,12H2,(H,14,15). The molecule has 0 saturated carbocycles. The number of aromatic nitrogens is 1. The van der Waals surface area contributed by atoms with Crippen molar-refractivity contribution in [1.29, 1.82) is 0 Å². The van der Waals surface area contributed by atoms with Crippen molar-refractivity contribution >= 4 is 23.2 Å². The smallest absolute Gasteiger partial charge is 0.254 e. The van der Waals surface area contributed by atoms with Gasteiger partial charge < -0.3 is 15.8 Å². The Balaban J connectivity index is 2.10. The van der Waals surface area contributed by atoms with E-state index in [1.807, 2.05) is 0 Å². The van der Waals surface area contributed by atoms with Crippen LogP contribution in [-0.4, -0.2) is 30.1 Å². The summed E-state index contributed by atoms with van der Waals surface area (Å²) >= 11 is 5.82. The van der Waals surface area contributed by atoms with E-state index in [2.05, 4.69) is 10.3 Å². The fourth-order valence-corrected chi connectivity index (χ4v) is 1.72. The van der Waals surface area contributed by atoms with E-state index in [9.17, 15) is 4.79 Å². The van der Waals surface area contributed by atoms with Gasteiger partial charge in [0.05, 0.1) is 30.1 Å². The first kappa shape index (κ1) is 11.2. The summed E-state index contributed by atoms with van der Waals surface area (Å²) in [4.78, 5) is 15.6. The van der Waals surface area contributed by atoms with Gasteiger partial charge in [0.25, 0.3) is 5.91 Å². The molecule has 0 bridgehead atoms. The van der Waals surface area contributed by atoms with Crippen molar-refractivity contribution in [2.45, 2.75) is 12.5 Å². The third-order valence-corrected chi connectivity index (χ3v) is 2.67. The lowest BCUT2D eigenvalue weighted by molar-refractivity contribution is 0.0930. The van der Waals surface area contributed by atoms with Crippen LogP contribution in [0.15, 0.2) is 12.3 Å². The Labute approximate surface area is 97.9 Å². The molecule has 6 heteroatoms. The lowest BCUT2D eigenvalue weighted by Crippen LogP contribution is -2.35. The number of nitrogen functional groups attached to an aromatic ring is 1. The molecule has 1 saturated heterocycles. The van der Waals surface area contributed by atoms with Gasteiger partial charge in [0.15, 0.2) is 0 Å². The molecule has 1 atom stereocenters. The third kappa shape index (κ3) is 2.43. The maximum atomic E-state index is 11.8. The van der Waals surface area contributed by atoms with Gasteiger partial charge in [-0.15, -0.1) is 0 Å². The second kappa shape index (κ2) is 4.67. The fraction of sp³-hybridized carbons (Fsp3) is 0.400. The molecule has 0 radical (unpaired) electrons. The summed E-state index contributed by atoms with van der Waals surface area (Å²) in [5.74, 6) is -0.264. The van der Waals surface area contributed by atoms with Crippen LogP contribution in [0.4, 0.5) is 5.69 Å². The van der Waals surface area contributed by atoms with Gasteiger partial charge in [-0.05, 0) is 12.5 Å². The number of anilines is 1. The number of hydrogen-bond acceptors (Lipinski definition) is 4. The third-order valence-electron chi connectivity index (χ3n) is 2.37. The van der Waals surface area contributed by atoms with Crippen molar-refractivity contribution in [3.05, 3.63) is 23.0 Å². The van der Waals surface area contributed by atoms with Crippen molar-refractivity contribution in [2.75, 3.05) is 18.9 Å². The normalized spacial score (nSPS) is 19.7. The quantitative estimate of drug-likeness (QED) is 0.752. The zero-order valence-corrected chi connectivity index (χ0v) is 9.33. The Morgan fingerprint density at radius 3 is 3.19 bits per heavy atom. The van der Waals surface area contributed by atoms with E-state index in [4.69, 9.17) is 22.1 Å². The number of ether oxygens (including phenoxy) is 1. The van der Waals surface area contributed by atoms with Gasteiger partial charge in [0, 0.05) is 6.61 Å². The SMILES string of the molecule is Nc1cnc(Cl)c(C(=O)NC2CCOC2)c1. The van der Waals surface area contributed by atoms with Gasteiger partial charge in [-0.1, -0.05) is 11.6 Å². The fourth-order valence-electron chi connectivity index (χ4n) is 1.53. The van der Waals surface area contributed by atoms with Gasteiger partial charge in [-0.25, -0.2) is 4.98 Å². The Hall–Kier alpha value is -1.33. The molecule has 1 aliphatic heterocycles. The molecule has 0 aromatic carbocycles. The highest BCUT2D eigenvalue weighted by Gasteiger charge is 2.20. The van der Waals surface area contributed by atoms with Gasteiger partial charge in [0.1, 0.15) is 5.15 Å². The van der Waals surface area contributed by atoms with E-state index in [1.165, 1.54) is 12.3 Å². The highest BCUT2D eigenvalue weighted by atomic mass is 35.5. The van der Waals surface area contributed by atoms with Crippen molar-refractivity contribution in [2.24, 2.45) is 0 Å². The van der Waals surface area contributed by atoms with E-state index < -0.39 is 0 Å². The highest BCUT2D eigenvalue weighted by molar-refractivity contribution is 6.32. The summed E-state index contributed by atoms with van der Waals surface area (Å²) < 4.78 is 5.16. The average Bonchev–Trinajstić information content (AvgIpc) is 2.74. The van der Waals surface area contributed by atoms with Crippen molar-refractivity contribution < 1.29 is 9.53 Å². The minimum absolute atomic E-state index is 0.0463. The first-order valence-electron chi connectivity index (χ1n) is 4.96. The van der Waals surface area contributed by atoms with Gasteiger partial charge in [-0.2, -0.15) is 0 Å². The van der Waals surface area contributed by atoms with Crippen LogP contribution in [0.5, 0.6) is 0 Å². The molecule has 5 nitrogen and oxygen atoms in total. The molecule has 1 aliphatic rings. The lowest BCUT2D eigenvalue weighted by Gasteiger charge is -2.11. The molecule has 3 N–H and O–H groups in total. The summed E-state index contributed by atoms with van der Waals surface area (Å²) in [6.07, 6.45) is 2.23.